The van der Waals surface area contributed by atoms with Crippen molar-refractivity contribution in [2.24, 2.45) is 5.92 Å². The first kappa shape index (κ1) is 12.6. The largest absolute Gasteiger partial charge is 0.317 e. The molecule has 1 saturated carbocycles. The van der Waals surface area contributed by atoms with Crippen LogP contribution in [0.5, 0.6) is 0 Å². The van der Waals surface area contributed by atoms with Crippen LogP contribution in [0.15, 0.2) is 36.5 Å². The molecule has 0 amide bonds. The maximum atomic E-state index is 4.46. The third-order valence-corrected chi connectivity index (χ3v) is 4.50. The molecule has 2 atom stereocenters. The number of hydrogen-bond acceptors (Lipinski definition) is 2. The summed E-state index contributed by atoms with van der Waals surface area (Å²) in [5, 5.41) is 4.83. The highest BCUT2D eigenvalue weighted by Gasteiger charge is 2.24. The van der Waals surface area contributed by atoms with Gasteiger partial charge in [-0.25, -0.2) is 0 Å². The Morgan fingerprint density at radius 1 is 1.16 bits per heavy atom. The molecule has 1 heterocycles. The van der Waals surface area contributed by atoms with Gasteiger partial charge in [0.2, 0.25) is 0 Å². The summed E-state index contributed by atoms with van der Waals surface area (Å²) in [5.74, 6) is 0.768. The van der Waals surface area contributed by atoms with Crippen LogP contribution in [0.2, 0.25) is 0 Å². The van der Waals surface area contributed by atoms with E-state index in [9.17, 15) is 0 Å². The molecule has 0 radical (unpaired) electrons. The Balaban J connectivity index is 1.88. The molecule has 0 spiro atoms. The molecule has 0 saturated heterocycles. The Labute approximate surface area is 115 Å². The first-order chi connectivity index (χ1) is 9.38. The quantitative estimate of drug-likeness (QED) is 0.906. The molecule has 2 nitrogen and oxygen atoms in total. The van der Waals surface area contributed by atoms with Crippen molar-refractivity contribution in [2.45, 2.75) is 38.1 Å². The number of pyridine rings is 1. The van der Waals surface area contributed by atoms with Crippen molar-refractivity contribution in [3.8, 4) is 0 Å². The summed E-state index contributed by atoms with van der Waals surface area (Å²) in [6.45, 7) is 0. The molecule has 1 aliphatic carbocycles. The molecule has 3 rings (SSSR count). The molecular weight excluding hydrogens is 232 g/mol. The van der Waals surface area contributed by atoms with Crippen LogP contribution in [0.1, 0.15) is 31.2 Å². The number of aromatic nitrogens is 1. The lowest BCUT2D eigenvalue weighted by molar-refractivity contribution is 0.273. The Morgan fingerprint density at radius 2 is 2.00 bits per heavy atom. The van der Waals surface area contributed by atoms with E-state index in [2.05, 4.69) is 47.7 Å². The number of hydrogen-bond donors (Lipinski definition) is 1. The topological polar surface area (TPSA) is 24.9 Å². The Bertz CT molecular complexity index is 544. The van der Waals surface area contributed by atoms with E-state index in [1.807, 2.05) is 6.20 Å². The van der Waals surface area contributed by atoms with Gasteiger partial charge in [-0.2, -0.15) is 0 Å². The van der Waals surface area contributed by atoms with Gasteiger partial charge in [0.25, 0.3) is 0 Å². The summed E-state index contributed by atoms with van der Waals surface area (Å²) in [6, 6.07) is 11.4. The minimum atomic E-state index is 0.681. The summed E-state index contributed by atoms with van der Waals surface area (Å²) >= 11 is 0. The van der Waals surface area contributed by atoms with Crippen molar-refractivity contribution >= 4 is 10.9 Å². The molecule has 19 heavy (non-hydrogen) atoms. The van der Waals surface area contributed by atoms with Gasteiger partial charge in [-0.1, -0.05) is 31.0 Å². The molecule has 0 aliphatic heterocycles. The number of fused-ring (bicyclic) bond motifs is 1. The molecule has 2 heteroatoms. The van der Waals surface area contributed by atoms with E-state index in [0.29, 0.717) is 6.04 Å². The van der Waals surface area contributed by atoms with Crippen molar-refractivity contribution in [2.75, 3.05) is 7.05 Å². The minimum Gasteiger partial charge on any atom is -0.317 e. The van der Waals surface area contributed by atoms with Crippen LogP contribution >= 0.6 is 0 Å². The minimum absolute atomic E-state index is 0.681. The SMILES string of the molecule is CNC1CCCCC1Cc1ccnc2ccccc12. The van der Waals surface area contributed by atoms with Gasteiger partial charge in [0, 0.05) is 17.6 Å². The fourth-order valence-electron chi connectivity index (χ4n) is 3.45. The van der Waals surface area contributed by atoms with E-state index >= 15 is 0 Å². The average molecular weight is 254 g/mol. The van der Waals surface area contributed by atoms with E-state index < -0.39 is 0 Å². The fraction of sp³-hybridized carbons (Fsp3) is 0.471. The molecule has 1 aromatic heterocycles. The summed E-state index contributed by atoms with van der Waals surface area (Å²) in [4.78, 5) is 4.46. The summed E-state index contributed by atoms with van der Waals surface area (Å²) in [6.07, 6.45) is 8.56. The third-order valence-electron chi connectivity index (χ3n) is 4.50. The van der Waals surface area contributed by atoms with Crippen LogP contribution < -0.4 is 5.32 Å². The van der Waals surface area contributed by atoms with Gasteiger partial charge in [-0.05, 0) is 49.9 Å². The zero-order valence-corrected chi connectivity index (χ0v) is 11.6. The summed E-state index contributed by atoms with van der Waals surface area (Å²) in [5.41, 5.74) is 2.58. The van der Waals surface area contributed by atoms with E-state index in [1.54, 1.807) is 0 Å². The van der Waals surface area contributed by atoms with Gasteiger partial charge in [0.1, 0.15) is 0 Å². The van der Waals surface area contributed by atoms with E-state index in [1.165, 1.54) is 43.1 Å². The number of nitrogens with zero attached hydrogens (tertiary/aromatic N) is 1. The molecule has 2 aromatic rings. The normalized spacial score (nSPS) is 23.6. The molecular formula is C17H22N2. The Morgan fingerprint density at radius 3 is 2.89 bits per heavy atom. The lowest BCUT2D eigenvalue weighted by Crippen LogP contribution is -2.37. The lowest BCUT2D eigenvalue weighted by atomic mass is 9.80. The molecule has 2 unspecified atom stereocenters. The first-order valence-electron chi connectivity index (χ1n) is 7.38. The molecule has 0 bridgehead atoms. The highest BCUT2D eigenvalue weighted by molar-refractivity contribution is 5.81. The van der Waals surface area contributed by atoms with Gasteiger partial charge in [0.15, 0.2) is 0 Å². The van der Waals surface area contributed by atoms with Crippen LogP contribution in [-0.2, 0) is 6.42 Å². The Kier molecular flexibility index (Phi) is 3.79. The molecule has 1 aromatic carbocycles. The smallest absolute Gasteiger partial charge is 0.0704 e. The highest BCUT2D eigenvalue weighted by atomic mass is 14.9. The maximum Gasteiger partial charge on any atom is 0.0704 e. The predicted molar refractivity (Wildman–Crippen MR) is 80.3 cm³/mol. The van der Waals surface area contributed by atoms with Gasteiger partial charge >= 0.3 is 0 Å². The number of benzene rings is 1. The monoisotopic (exact) mass is 254 g/mol. The molecule has 1 fully saturated rings. The fourth-order valence-corrected chi connectivity index (χ4v) is 3.45. The van der Waals surface area contributed by atoms with Gasteiger partial charge in [-0.3, -0.25) is 4.98 Å². The summed E-state index contributed by atoms with van der Waals surface area (Å²) < 4.78 is 0. The van der Waals surface area contributed by atoms with Gasteiger partial charge < -0.3 is 5.32 Å². The summed E-state index contributed by atoms with van der Waals surface area (Å²) in [7, 11) is 2.10. The van der Waals surface area contributed by atoms with Crippen LogP contribution in [0.3, 0.4) is 0 Å². The van der Waals surface area contributed by atoms with E-state index in [-0.39, 0.29) is 0 Å². The second-order valence-electron chi connectivity index (χ2n) is 5.63. The first-order valence-corrected chi connectivity index (χ1v) is 7.38. The second-order valence-corrected chi connectivity index (χ2v) is 5.63. The van der Waals surface area contributed by atoms with Gasteiger partial charge in [-0.15, -0.1) is 0 Å². The number of para-hydroxylation sites is 1. The van der Waals surface area contributed by atoms with E-state index in [0.717, 1.165) is 11.4 Å². The third kappa shape index (κ3) is 2.64. The van der Waals surface area contributed by atoms with Crippen molar-refractivity contribution in [3.05, 3.63) is 42.1 Å². The molecule has 1 aliphatic rings. The average Bonchev–Trinajstić information content (AvgIpc) is 2.48. The second kappa shape index (κ2) is 5.70. The lowest BCUT2D eigenvalue weighted by Gasteiger charge is -2.31. The Hall–Kier alpha value is -1.41. The van der Waals surface area contributed by atoms with E-state index in [4.69, 9.17) is 0 Å². The standard InChI is InChI=1S/C17H22N2/c1-18-16-8-4-2-6-14(16)12-13-10-11-19-17-9-5-3-7-15(13)17/h3,5,7,9-11,14,16,18H,2,4,6,8,12H2,1H3. The maximum absolute atomic E-state index is 4.46. The predicted octanol–water partition coefficient (Wildman–Crippen LogP) is 3.56. The zero-order valence-electron chi connectivity index (χ0n) is 11.6. The van der Waals surface area contributed by atoms with Gasteiger partial charge in [0.05, 0.1) is 5.52 Å². The highest BCUT2D eigenvalue weighted by Crippen LogP contribution is 2.29. The number of rotatable bonds is 3. The van der Waals surface area contributed by atoms with Crippen molar-refractivity contribution in [3.63, 3.8) is 0 Å². The van der Waals surface area contributed by atoms with Crippen LogP contribution in [0, 0.1) is 5.92 Å². The van der Waals surface area contributed by atoms with Crippen LogP contribution in [-0.4, -0.2) is 18.1 Å². The van der Waals surface area contributed by atoms with Crippen LogP contribution in [0.4, 0.5) is 0 Å². The van der Waals surface area contributed by atoms with Crippen LogP contribution in [0.25, 0.3) is 10.9 Å². The molecule has 1 N–H and O–H groups in total. The van der Waals surface area contributed by atoms with Crippen molar-refractivity contribution < 1.29 is 0 Å². The van der Waals surface area contributed by atoms with Crippen molar-refractivity contribution in [1.29, 1.82) is 0 Å². The number of nitrogens with one attached hydrogen (secondary N) is 1. The zero-order chi connectivity index (χ0) is 13.1. The van der Waals surface area contributed by atoms with Crippen molar-refractivity contribution in [1.82, 2.24) is 10.3 Å². The molecule has 100 valence electrons.